The lowest BCUT2D eigenvalue weighted by Gasteiger charge is -2.32. The summed E-state index contributed by atoms with van der Waals surface area (Å²) in [6.45, 7) is 1.37. The summed E-state index contributed by atoms with van der Waals surface area (Å²) < 4.78 is 31.7. The maximum Gasteiger partial charge on any atom is 0.321 e. The van der Waals surface area contributed by atoms with Crippen LogP contribution in [0.15, 0.2) is 82.6 Å². The van der Waals surface area contributed by atoms with E-state index in [1.165, 1.54) is 0 Å². The zero-order valence-electron chi connectivity index (χ0n) is 19.9. The third-order valence-electron chi connectivity index (χ3n) is 6.30. The zero-order chi connectivity index (χ0) is 24.8. The molecule has 1 heterocycles. The van der Waals surface area contributed by atoms with E-state index in [2.05, 4.69) is 5.32 Å². The van der Waals surface area contributed by atoms with Crippen LogP contribution in [0.4, 0.5) is 10.5 Å². The largest absolute Gasteiger partial charge is 0.380 e. The van der Waals surface area contributed by atoms with Gasteiger partial charge in [-0.3, -0.25) is 0 Å². The maximum atomic E-state index is 13.3. The lowest BCUT2D eigenvalue weighted by Crippen LogP contribution is -2.44. The molecule has 1 N–H and O–H groups in total. The van der Waals surface area contributed by atoms with E-state index in [1.54, 1.807) is 35.9 Å². The SMILES string of the molecule is COCc1ccc(-c2ccc(S(=O)(=O)C3CCN(C(=O)Nc4ccccc4SC)CC3)cc2)cc1. The quantitative estimate of drug-likeness (QED) is 0.413. The minimum atomic E-state index is -3.47. The van der Waals surface area contributed by atoms with Gasteiger partial charge in [-0.05, 0) is 60.1 Å². The number of ether oxygens (including phenoxy) is 1. The number of amides is 2. The fourth-order valence-corrected chi connectivity index (χ4v) is 6.59. The number of para-hydroxylation sites is 1. The molecule has 0 atom stereocenters. The number of likely N-dealkylation sites (tertiary alicyclic amines) is 1. The number of piperidine rings is 1. The summed E-state index contributed by atoms with van der Waals surface area (Å²) in [5.74, 6) is 0. The van der Waals surface area contributed by atoms with Gasteiger partial charge >= 0.3 is 6.03 Å². The Morgan fingerprint density at radius 3 is 2.17 bits per heavy atom. The molecular formula is C27H30N2O4S2. The van der Waals surface area contributed by atoms with Gasteiger partial charge in [0.1, 0.15) is 0 Å². The number of nitrogens with one attached hydrogen (secondary N) is 1. The predicted molar refractivity (Wildman–Crippen MR) is 142 cm³/mol. The number of urea groups is 1. The van der Waals surface area contributed by atoms with E-state index < -0.39 is 15.1 Å². The number of carbonyl (C=O) groups excluding carboxylic acids is 1. The molecular weight excluding hydrogens is 480 g/mol. The predicted octanol–water partition coefficient (Wildman–Crippen LogP) is 5.69. The Labute approximate surface area is 211 Å². The molecule has 4 rings (SSSR count). The number of anilines is 1. The van der Waals surface area contributed by atoms with Crippen molar-refractivity contribution in [2.75, 3.05) is 31.8 Å². The smallest absolute Gasteiger partial charge is 0.321 e. The Bertz CT molecular complexity index is 1250. The summed E-state index contributed by atoms with van der Waals surface area (Å²) in [4.78, 5) is 15.8. The second-order valence-corrected chi connectivity index (χ2v) is 11.6. The van der Waals surface area contributed by atoms with E-state index in [0.717, 1.165) is 27.3 Å². The van der Waals surface area contributed by atoms with Crippen LogP contribution in [0.3, 0.4) is 0 Å². The number of rotatable bonds is 7. The molecule has 0 bridgehead atoms. The van der Waals surface area contributed by atoms with Crippen molar-refractivity contribution in [1.82, 2.24) is 4.90 Å². The van der Waals surface area contributed by atoms with Crippen LogP contribution in [0, 0.1) is 0 Å². The number of sulfone groups is 1. The van der Waals surface area contributed by atoms with Crippen molar-refractivity contribution < 1.29 is 17.9 Å². The molecule has 0 spiro atoms. The summed E-state index contributed by atoms with van der Waals surface area (Å²) in [7, 11) is -1.81. The van der Waals surface area contributed by atoms with E-state index >= 15 is 0 Å². The first-order valence-electron chi connectivity index (χ1n) is 11.5. The van der Waals surface area contributed by atoms with Crippen molar-refractivity contribution in [3.05, 3.63) is 78.4 Å². The van der Waals surface area contributed by atoms with Crippen LogP contribution in [0.1, 0.15) is 18.4 Å². The topological polar surface area (TPSA) is 75.7 Å². The molecule has 0 unspecified atom stereocenters. The van der Waals surface area contributed by atoms with E-state index in [9.17, 15) is 13.2 Å². The maximum absolute atomic E-state index is 13.3. The zero-order valence-corrected chi connectivity index (χ0v) is 21.6. The fourth-order valence-electron chi connectivity index (χ4n) is 4.30. The molecule has 1 aliphatic heterocycles. The van der Waals surface area contributed by atoms with Gasteiger partial charge in [0.25, 0.3) is 0 Å². The van der Waals surface area contributed by atoms with Crippen molar-refractivity contribution >= 4 is 33.3 Å². The second kappa shape index (κ2) is 11.3. The first-order chi connectivity index (χ1) is 16.9. The van der Waals surface area contributed by atoms with Crippen LogP contribution >= 0.6 is 11.8 Å². The fraction of sp³-hybridized carbons (Fsp3) is 0.296. The monoisotopic (exact) mass is 510 g/mol. The van der Waals surface area contributed by atoms with Crippen molar-refractivity contribution in [3.8, 4) is 11.1 Å². The van der Waals surface area contributed by atoms with Gasteiger partial charge < -0.3 is 15.0 Å². The number of hydrogen-bond donors (Lipinski definition) is 1. The molecule has 35 heavy (non-hydrogen) atoms. The lowest BCUT2D eigenvalue weighted by molar-refractivity contribution is 0.185. The molecule has 2 amide bonds. The van der Waals surface area contributed by atoms with E-state index in [0.29, 0.717) is 37.4 Å². The highest BCUT2D eigenvalue weighted by Crippen LogP contribution is 2.29. The second-order valence-electron chi connectivity index (χ2n) is 8.52. The first-order valence-corrected chi connectivity index (χ1v) is 14.3. The van der Waals surface area contributed by atoms with Crippen LogP contribution in [-0.4, -0.2) is 51.1 Å². The third kappa shape index (κ3) is 5.89. The summed E-state index contributed by atoms with van der Waals surface area (Å²) in [6.07, 6.45) is 2.80. The highest BCUT2D eigenvalue weighted by Gasteiger charge is 2.32. The van der Waals surface area contributed by atoms with Crippen LogP contribution in [0.25, 0.3) is 11.1 Å². The average molecular weight is 511 g/mol. The highest BCUT2D eigenvalue weighted by molar-refractivity contribution is 7.98. The molecule has 184 valence electrons. The molecule has 0 aromatic heterocycles. The number of methoxy groups -OCH3 is 1. The Morgan fingerprint density at radius 1 is 0.971 bits per heavy atom. The van der Waals surface area contributed by atoms with Gasteiger partial charge in [0, 0.05) is 25.1 Å². The molecule has 1 saturated heterocycles. The van der Waals surface area contributed by atoms with Crippen LogP contribution in [0.2, 0.25) is 0 Å². The van der Waals surface area contributed by atoms with Crippen molar-refractivity contribution in [2.45, 2.75) is 34.5 Å². The van der Waals surface area contributed by atoms with Gasteiger partial charge in [-0.2, -0.15) is 0 Å². The van der Waals surface area contributed by atoms with E-state index in [4.69, 9.17) is 4.74 Å². The van der Waals surface area contributed by atoms with Crippen molar-refractivity contribution in [3.63, 3.8) is 0 Å². The Kier molecular flexibility index (Phi) is 8.15. The van der Waals surface area contributed by atoms with Gasteiger partial charge in [-0.15, -0.1) is 11.8 Å². The third-order valence-corrected chi connectivity index (χ3v) is 9.37. The normalized spacial score (nSPS) is 14.6. The molecule has 6 nitrogen and oxygen atoms in total. The first kappa shape index (κ1) is 25.3. The minimum absolute atomic E-state index is 0.191. The van der Waals surface area contributed by atoms with Crippen LogP contribution < -0.4 is 5.32 Å². The van der Waals surface area contributed by atoms with Crippen molar-refractivity contribution in [2.24, 2.45) is 0 Å². The summed E-state index contributed by atoms with van der Waals surface area (Å²) in [5, 5.41) is 2.46. The van der Waals surface area contributed by atoms with Gasteiger partial charge in [-0.1, -0.05) is 48.5 Å². The lowest BCUT2D eigenvalue weighted by atomic mass is 10.0. The van der Waals surface area contributed by atoms with Crippen LogP contribution in [0.5, 0.6) is 0 Å². The number of nitrogens with zero attached hydrogens (tertiary/aromatic N) is 1. The summed E-state index contributed by atoms with van der Waals surface area (Å²) in [6, 6.07) is 22.6. The Balaban J connectivity index is 1.38. The number of carbonyl (C=O) groups is 1. The summed E-state index contributed by atoms with van der Waals surface area (Å²) >= 11 is 1.57. The molecule has 8 heteroatoms. The molecule has 3 aromatic rings. The van der Waals surface area contributed by atoms with E-state index in [1.807, 2.05) is 66.9 Å². The highest BCUT2D eigenvalue weighted by atomic mass is 32.2. The minimum Gasteiger partial charge on any atom is -0.380 e. The van der Waals surface area contributed by atoms with Gasteiger partial charge in [0.05, 0.1) is 22.4 Å². The van der Waals surface area contributed by atoms with Crippen LogP contribution in [-0.2, 0) is 21.2 Å². The number of benzene rings is 3. The summed E-state index contributed by atoms with van der Waals surface area (Å²) in [5.41, 5.74) is 3.85. The number of thioether (sulfide) groups is 1. The number of hydrogen-bond acceptors (Lipinski definition) is 5. The molecule has 0 radical (unpaired) electrons. The molecule has 3 aromatic carbocycles. The van der Waals surface area contributed by atoms with Crippen molar-refractivity contribution in [1.29, 1.82) is 0 Å². The Hall–Kier alpha value is -2.81. The van der Waals surface area contributed by atoms with Gasteiger partial charge in [0.15, 0.2) is 9.84 Å². The Morgan fingerprint density at radius 2 is 1.57 bits per heavy atom. The van der Waals surface area contributed by atoms with E-state index in [-0.39, 0.29) is 6.03 Å². The standard InChI is InChI=1S/C27H30N2O4S2/c1-33-19-20-7-9-21(10-8-20)22-11-13-23(14-12-22)35(31,32)24-15-17-29(18-16-24)27(30)28-25-5-3-4-6-26(25)34-2/h3-14,24H,15-19H2,1-2H3,(H,28,30). The molecule has 1 aliphatic rings. The molecule has 0 aliphatic carbocycles. The molecule has 0 saturated carbocycles. The molecule has 1 fully saturated rings. The average Bonchev–Trinajstić information content (AvgIpc) is 2.90. The van der Waals surface area contributed by atoms with Gasteiger partial charge in [0.2, 0.25) is 0 Å². The van der Waals surface area contributed by atoms with Gasteiger partial charge in [-0.25, -0.2) is 13.2 Å².